The first-order valence-corrected chi connectivity index (χ1v) is 16.5. The van der Waals surface area contributed by atoms with Crippen LogP contribution in [0.15, 0.2) is 24.3 Å². The van der Waals surface area contributed by atoms with Gasteiger partial charge in [0.1, 0.15) is 0 Å². The van der Waals surface area contributed by atoms with Crippen LogP contribution in [0.2, 0.25) is 0 Å². The van der Waals surface area contributed by atoms with Gasteiger partial charge in [-0.3, -0.25) is 0 Å². The van der Waals surface area contributed by atoms with Crippen LogP contribution in [0.4, 0.5) is 0 Å². The van der Waals surface area contributed by atoms with Crippen molar-refractivity contribution in [3.8, 4) is 0 Å². The summed E-state index contributed by atoms with van der Waals surface area (Å²) in [5, 5.41) is 6.81. The molecule has 0 atom stereocenters. The third-order valence-corrected chi connectivity index (χ3v) is 9.72. The maximum atomic E-state index is 3.93. The second-order valence-corrected chi connectivity index (χ2v) is 19.8. The standard InChI is InChI=1S/C37H58P2/c1-32(2,3)24-19-26(34(7,8)9)30(27(20-24)35(10,11)12)38-23-39-31-28(36(13,14)15)21-25(33(4,5)6)22-29(31)37(16,17)18/h19-22H,1-18H3. The highest BCUT2D eigenvalue weighted by molar-refractivity contribution is 7.62. The second-order valence-electron chi connectivity index (χ2n) is 17.7. The third-order valence-electron chi connectivity index (χ3n) is 7.51. The molecule has 0 spiro atoms. The van der Waals surface area contributed by atoms with Crippen LogP contribution < -0.4 is 10.6 Å². The normalized spacial score (nSPS) is 14.2. The van der Waals surface area contributed by atoms with Crippen molar-refractivity contribution in [2.75, 3.05) is 0 Å². The fraction of sp³-hybridized carbons (Fsp3) is 0.649. The molecule has 0 amide bonds. The van der Waals surface area contributed by atoms with Crippen LogP contribution in [0.3, 0.4) is 0 Å². The number of hydrogen-bond acceptors (Lipinski definition) is 0. The van der Waals surface area contributed by atoms with Crippen molar-refractivity contribution in [3.05, 3.63) is 57.6 Å². The summed E-state index contributed by atoms with van der Waals surface area (Å²) in [5.74, 6) is 0. The summed E-state index contributed by atoms with van der Waals surface area (Å²) in [7, 11) is 2.37. The monoisotopic (exact) mass is 564 g/mol. The van der Waals surface area contributed by atoms with E-state index in [0.717, 1.165) is 0 Å². The average molecular weight is 565 g/mol. The summed E-state index contributed by atoms with van der Waals surface area (Å²) < 4.78 is 0. The first-order valence-electron chi connectivity index (χ1n) is 14.7. The van der Waals surface area contributed by atoms with E-state index in [1.807, 2.05) is 0 Å². The molecule has 0 nitrogen and oxygen atoms in total. The van der Waals surface area contributed by atoms with Crippen molar-refractivity contribution >= 4 is 32.2 Å². The van der Waals surface area contributed by atoms with Gasteiger partial charge in [0.25, 0.3) is 0 Å². The van der Waals surface area contributed by atoms with E-state index in [2.05, 4.69) is 154 Å². The van der Waals surface area contributed by atoms with E-state index in [1.165, 1.54) is 60.4 Å². The Morgan fingerprint density at radius 2 is 0.564 bits per heavy atom. The smallest absolute Gasteiger partial charge is 0.0175 e. The van der Waals surface area contributed by atoms with Crippen LogP contribution in [0.25, 0.3) is 0 Å². The van der Waals surface area contributed by atoms with E-state index < -0.39 is 0 Å². The summed E-state index contributed by atoms with van der Waals surface area (Å²) >= 11 is 0. The molecule has 2 aromatic rings. The Hall–Kier alpha value is -1.18. The Bertz CT molecular complexity index is 1090. The van der Waals surface area contributed by atoms with Gasteiger partial charge in [-0.15, -0.1) is 0 Å². The molecule has 39 heavy (non-hydrogen) atoms. The van der Waals surface area contributed by atoms with Gasteiger partial charge >= 0.3 is 0 Å². The molecule has 2 aromatic carbocycles. The molecule has 0 heterocycles. The van der Waals surface area contributed by atoms with Crippen LogP contribution in [0, 0.1) is 0 Å². The van der Waals surface area contributed by atoms with Gasteiger partial charge in [0.15, 0.2) is 0 Å². The SMILES string of the molecule is CC(C)(C)c1cc(C(C)(C)C)c(P=C=Pc2c(C(C)(C)C)cc(C(C)(C)C)cc2C(C)(C)C)c(C(C)(C)C)c1. The van der Waals surface area contributed by atoms with Crippen LogP contribution in [-0.2, 0) is 32.5 Å². The molecule has 0 bridgehead atoms. The largest absolute Gasteiger partial charge is 0.0567 e. The molecule has 2 heteroatoms. The Morgan fingerprint density at radius 3 is 0.718 bits per heavy atom. The molecule has 0 saturated heterocycles. The lowest BCUT2D eigenvalue weighted by atomic mass is 9.75. The summed E-state index contributed by atoms with van der Waals surface area (Å²) in [5.41, 5.74) is 9.14. The quantitative estimate of drug-likeness (QED) is 0.318. The van der Waals surface area contributed by atoms with Crippen LogP contribution >= 0.6 is 16.4 Å². The zero-order chi connectivity index (χ0) is 30.6. The van der Waals surface area contributed by atoms with Gasteiger partial charge in [0, 0.05) is 10.6 Å². The highest BCUT2D eigenvalue weighted by Crippen LogP contribution is 2.37. The van der Waals surface area contributed by atoms with Gasteiger partial charge in [-0.05, 0) is 82.3 Å². The van der Waals surface area contributed by atoms with Crippen molar-refractivity contribution in [2.24, 2.45) is 0 Å². The zero-order valence-electron chi connectivity index (χ0n) is 28.7. The number of hydrogen-bond donors (Lipinski definition) is 0. The first kappa shape index (κ1) is 34.0. The summed E-state index contributed by atoms with van der Waals surface area (Å²) in [4.78, 5) is 0. The maximum absolute atomic E-state index is 3.93. The van der Waals surface area contributed by atoms with E-state index >= 15 is 0 Å². The molecule has 0 fully saturated rings. The predicted molar refractivity (Wildman–Crippen MR) is 183 cm³/mol. The minimum Gasteiger partial charge on any atom is -0.0567 e. The van der Waals surface area contributed by atoms with Crippen LogP contribution in [0.1, 0.15) is 158 Å². The first-order chi connectivity index (χ1) is 17.1. The van der Waals surface area contributed by atoms with Gasteiger partial charge in [0.2, 0.25) is 0 Å². The van der Waals surface area contributed by atoms with Crippen molar-refractivity contribution in [1.82, 2.24) is 0 Å². The van der Waals surface area contributed by atoms with E-state index in [1.54, 1.807) is 0 Å². The van der Waals surface area contributed by atoms with Gasteiger partial charge in [-0.1, -0.05) is 154 Å². The maximum Gasteiger partial charge on any atom is 0.0175 e. The molecule has 216 valence electrons. The highest BCUT2D eigenvalue weighted by atomic mass is 31.1. The second kappa shape index (κ2) is 10.9. The van der Waals surface area contributed by atoms with Gasteiger partial charge in [-0.25, -0.2) is 0 Å². The van der Waals surface area contributed by atoms with Crippen LogP contribution in [0.5, 0.6) is 0 Å². The van der Waals surface area contributed by atoms with E-state index in [9.17, 15) is 0 Å². The van der Waals surface area contributed by atoms with E-state index in [0.29, 0.717) is 0 Å². The molecular formula is C37H58P2. The van der Waals surface area contributed by atoms with Gasteiger partial charge in [0.05, 0.1) is 0 Å². The lowest BCUT2D eigenvalue weighted by Gasteiger charge is -2.32. The molecule has 0 unspecified atom stereocenters. The lowest BCUT2D eigenvalue weighted by molar-refractivity contribution is 0.553. The summed E-state index contributed by atoms with van der Waals surface area (Å²) in [6.45, 7) is 42.3. The Kier molecular flexibility index (Phi) is 9.51. The van der Waals surface area contributed by atoms with Crippen molar-refractivity contribution < 1.29 is 0 Å². The highest BCUT2D eigenvalue weighted by Gasteiger charge is 2.30. The Morgan fingerprint density at radius 1 is 0.359 bits per heavy atom. The average Bonchev–Trinajstić information content (AvgIpc) is 2.68. The third kappa shape index (κ3) is 8.42. The minimum absolute atomic E-state index is 0.0592. The predicted octanol–water partition coefficient (Wildman–Crippen LogP) is 11.0. The minimum atomic E-state index is 0.0592. The molecule has 0 aromatic heterocycles. The van der Waals surface area contributed by atoms with Crippen molar-refractivity contribution in [3.63, 3.8) is 0 Å². The fourth-order valence-corrected chi connectivity index (χ4v) is 7.87. The molecule has 0 aliphatic carbocycles. The van der Waals surface area contributed by atoms with Gasteiger partial charge in [-0.2, -0.15) is 0 Å². The number of rotatable bonds is 2. The molecule has 2 rings (SSSR count). The lowest BCUT2D eigenvalue weighted by Crippen LogP contribution is -2.30. The Balaban J connectivity index is 3.02. The number of benzene rings is 2. The van der Waals surface area contributed by atoms with E-state index in [4.69, 9.17) is 0 Å². The van der Waals surface area contributed by atoms with Crippen molar-refractivity contribution in [1.29, 1.82) is 0 Å². The fourth-order valence-electron chi connectivity index (χ4n) is 4.79. The van der Waals surface area contributed by atoms with Gasteiger partial charge < -0.3 is 0 Å². The van der Waals surface area contributed by atoms with Crippen molar-refractivity contribution in [2.45, 2.75) is 157 Å². The summed E-state index contributed by atoms with van der Waals surface area (Å²) in [6, 6.07) is 9.93. The molecule has 0 N–H and O–H groups in total. The zero-order valence-corrected chi connectivity index (χ0v) is 30.5. The van der Waals surface area contributed by atoms with Crippen LogP contribution in [-0.4, -0.2) is 5.17 Å². The topological polar surface area (TPSA) is 0 Å². The molecule has 0 radical (unpaired) electrons. The van der Waals surface area contributed by atoms with E-state index in [-0.39, 0.29) is 32.5 Å². The summed E-state index contributed by atoms with van der Waals surface area (Å²) in [6.07, 6.45) is 0. The molecule has 0 aliphatic rings. The Labute approximate surface area is 246 Å². The molecular weight excluding hydrogens is 506 g/mol. The molecule has 0 aliphatic heterocycles. The molecule has 0 saturated carbocycles.